The largest absolute Gasteiger partial charge is 0.377 e. The van der Waals surface area contributed by atoms with Gasteiger partial charge in [0.05, 0.1) is 12.1 Å². The van der Waals surface area contributed by atoms with Gasteiger partial charge in [0.25, 0.3) is 0 Å². The summed E-state index contributed by atoms with van der Waals surface area (Å²) >= 11 is 1.86. The molecule has 3 aromatic rings. The van der Waals surface area contributed by atoms with E-state index in [0.29, 0.717) is 24.4 Å². The number of nitrogens with zero attached hydrogens (tertiary/aromatic N) is 5. The highest BCUT2D eigenvalue weighted by Gasteiger charge is 2.31. The maximum absolute atomic E-state index is 15.3. The molecule has 5 rings (SSSR count). The van der Waals surface area contributed by atoms with Crippen molar-refractivity contribution in [3.63, 3.8) is 0 Å². The van der Waals surface area contributed by atoms with E-state index in [9.17, 15) is 0 Å². The monoisotopic (exact) mass is 481 g/mol. The zero-order valence-electron chi connectivity index (χ0n) is 19.8. The van der Waals surface area contributed by atoms with E-state index in [1.807, 2.05) is 22.6 Å². The fourth-order valence-corrected chi connectivity index (χ4v) is 6.44. The molecule has 2 aliphatic rings. The average Bonchev–Trinajstić information content (AvgIpc) is 3.41. The summed E-state index contributed by atoms with van der Waals surface area (Å²) in [6.07, 6.45) is 6.63. The number of benzene rings is 2. The molecule has 2 aliphatic heterocycles. The van der Waals surface area contributed by atoms with Crippen LogP contribution >= 0.6 is 11.9 Å². The van der Waals surface area contributed by atoms with Crippen LogP contribution in [-0.2, 0) is 11.3 Å². The van der Waals surface area contributed by atoms with Gasteiger partial charge in [-0.25, -0.2) is 8.70 Å². The number of methoxy groups -OCH3 is 1. The lowest BCUT2D eigenvalue weighted by Crippen LogP contribution is -2.45. The summed E-state index contributed by atoms with van der Waals surface area (Å²) in [4.78, 5) is 2.21. The van der Waals surface area contributed by atoms with Gasteiger partial charge in [-0.2, -0.15) is 0 Å². The van der Waals surface area contributed by atoms with Crippen molar-refractivity contribution in [2.45, 2.75) is 56.2 Å². The Labute approximate surface area is 205 Å². The summed E-state index contributed by atoms with van der Waals surface area (Å²) in [6.45, 7) is 4.39. The summed E-state index contributed by atoms with van der Waals surface area (Å²) in [6, 6.07) is 17.0. The third-order valence-electron chi connectivity index (χ3n) is 7.15. The molecule has 2 aromatic carbocycles. The molecule has 0 N–H and O–H groups in total. The van der Waals surface area contributed by atoms with E-state index in [-0.39, 0.29) is 18.0 Å². The number of hydrogen-bond acceptors (Lipinski definition) is 6. The highest BCUT2D eigenvalue weighted by atomic mass is 32.2. The van der Waals surface area contributed by atoms with Crippen LogP contribution in [0, 0.1) is 5.82 Å². The van der Waals surface area contributed by atoms with Gasteiger partial charge in [-0.15, -0.1) is 10.2 Å². The molecule has 0 aliphatic carbocycles. The molecule has 8 heteroatoms. The minimum Gasteiger partial charge on any atom is -0.377 e. The van der Waals surface area contributed by atoms with E-state index in [0.717, 1.165) is 37.1 Å². The van der Waals surface area contributed by atoms with Crippen molar-refractivity contribution in [2.75, 3.05) is 25.1 Å². The van der Waals surface area contributed by atoms with Crippen molar-refractivity contribution in [3.05, 3.63) is 78.1 Å². The van der Waals surface area contributed by atoms with Crippen molar-refractivity contribution < 1.29 is 9.13 Å². The van der Waals surface area contributed by atoms with Gasteiger partial charge in [0.15, 0.2) is 0 Å². The van der Waals surface area contributed by atoms with Crippen LogP contribution in [0.15, 0.2) is 61.2 Å². The Balaban J connectivity index is 1.26. The summed E-state index contributed by atoms with van der Waals surface area (Å²) in [5.41, 5.74) is 3.01. The summed E-state index contributed by atoms with van der Waals surface area (Å²) in [7, 11) is 1.73. The lowest BCUT2D eigenvalue weighted by Gasteiger charge is -2.39. The van der Waals surface area contributed by atoms with Crippen LogP contribution in [0.4, 0.5) is 10.1 Å². The SMILES string of the molecule is CO[C@@H]1CN(c2ccc(CN3S[C@@H](c4ccccc4)CC[C@@H]3C)c(F)c2)CC[C@@H]1n1cnnc1. The predicted molar refractivity (Wildman–Crippen MR) is 134 cm³/mol. The fourth-order valence-electron chi connectivity index (χ4n) is 5.07. The molecule has 0 unspecified atom stereocenters. The number of ether oxygens (including phenoxy) is 1. The maximum atomic E-state index is 15.3. The van der Waals surface area contributed by atoms with Gasteiger partial charge in [0.1, 0.15) is 18.5 Å². The van der Waals surface area contributed by atoms with Crippen LogP contribution in [0.2, 0.25) is 0 Å². The van der Waals surface area contributed by atoms with Gasteiger partial charge in [-0.3, -0.25) is 0 Å². The Morgan fingerprint density at radius 1 is 1.06 bits per heavy atom. The van der Waals surface area contributed by atoms with Crippen LogP contribution in [0.25, 0.3) is 0 Å². The molecule has 1 aromatic heterocycles. The summed E-state index contributed by atoms with van der Waals surface area (Å²) in [5, 5.41) is 8.28. The topological polar surface area (TPSA) is 46.4 Å². The van der Waals surface area contributed by atoms with Gasteiger partial charge in [-0.05, 0) is 43.9 Å². The molecule has 0 amide bonds. The van der Waals surface area contributed by atoms with Crippen LogP contribution in [0.5, 0.6) is 0 Å². The third-order valence-corrected chi connectivity index (χ3v) is 8.67. The second-order valence-corrected chi connectivity index (χ2v) is 10.5. The fraction of sp³-hybridized carbons (Fsp3) is 0.462. The third kappa shape index (κ3) is 4.99. The van der Waals surface area contributed by atoms with Crippen molar-refractivity contribution in [3.8, 4) is 0 Å². The van der Waals surface area contributed by atoms with E-state index >= 15 is 4.39 Å². The second kappa shape index (κ2) is 10.5. The zero-order valence-corrected chi connectivity index (χ0v) is 20.6. The molecule has 2 saturated heterocycles. The first kappa shape index (κ1) is 23.3. The maximum Gasteiger partial charge on any atom is 0.129 e. The molecule has 6 nitrogen and oxygen atoms in total. The van der Waals surface area contributed by atoms with Crippen LogP contribution in [0.1, 0.15) is 48.6 Å². The lowest BCUT2D eigenvalue weighted by atomic mass is 10.0. The summed E-state index contributed by atoms with van der Waals surface area (Å²) < 4.78 is 25.4. The molecular formula is C26H32FN5OS. The van der Waals surface area contributed by atoms with Crippen LogP contribution < -0.4 is 4.90 Å². The van der Waals surface area contributed by atoms with Crippen LogP contribution in [0.3, 0.4) is 0 Å². The molecule has 0 radical (unpaired) electrons. The normalized spacial score (nSPS) is 26.0. The number of anilines is 1. The molecule has 2 fully saturated rings. The van der Waals surface area contributed by atoms with E-state index in [1.54, 1.807) is 25.8 Å². The molecule has 0 saturated carbocycles. The van der Waals surface area contributed by atoms with Gasteiger partial charge >= 0.3 is 0 Å². The number of hydrogen-bond donors (Lipinski definition) is 0. The van der Waals surface area contributed by atoms with Crippen molar-refractivity contribution in [2.24, 2.45) is 0 Å². The van der Waals surface area contributed by atoms with Gasteiger partial charge < -0.3 is 14.2 Å². The molecule has 0 spiro atoms. The van der Waals surface area contributed by atoms with Gasteiger partial charge in [0, 0.05) is 49.3 Å². The molecular weight excluding hydrogens is 449 g/mol. The van der Waals surface area contributed by atoms with Crippen molar-refractivity contribution in [1.29, 1.82) is 0 Å². The van der Waals surface area contributed by atoms with Crippen LogP contribution in [-0.4, -0.2) is 51.4 Å². The zero-order chi connectivity index (χ0) is 23.5. The Hall–Kier alpha value is -2.42. The average molecular weight is 482 g/mol. The minimum atomic E-state index is -0.137. The van der Waals surface area contributed by atoms with E-state index in [2.05, 4.69) is 62.7 Å². The minimum absolute atomic E-state index is 0.00647. The quantitative estimate of drug-likeness (QED) is 0.448. The predicted octanol–water partition coefficient (Wildman–Crippen LogP) is 5.26. The first-order chi connectivity index (χ1) is 16.6. The lowest BCUT2D eigenvalue weighted by molar-refractivity contribution is 0.0472. The van der Waals surface area contributed by atoms with Gasteiger partial charge in [0.2, 0.25) is 0 Å². The van der Waals surface area contributed by atoms with E-state index in [4.69, 9.17) is 4.74 Å². The molecule has 4 atom stereocenters. The Morgan fingerprint density at radius 3 is 2.59 bits per heavy atom. The molecule has 34 heavy (non-hydrogen) atoms. The molecule has 0 bridgehead atoms. The standard InChI is InChI=1S/C26H32FN5OS/c1-19-8-11-26(20-6-4-3-5-7-20)34-32(19)15-21-9-10-22(14-23(21)27)30-13-12-24(25(16-30)33-2)31-17-28-29-18-31/h3-7,9-10,14,17-19,24-26H,8,11-13,15-16H2,1-2H3/t19-,24-,25+,26+/m0/s1. The number of aromatic nitrogens is 3. The molecule has 3 heterocycles. The number of rotatable bonds is 6. The smallest absolute Gasteiger partial charge is 0.129 e. The first-order valence-corrected chi connectivity index (χ1v) is 12.8. The summed E-state index contributed by atoms with van der Waals surface area (Å²) in [5.74, 6) is -0.137. The highest BCUT2D eigenvalue weighted by molar-refractivity contribution is 7.97. The van der Waals surface area contributed by atoms with Crippen molar-refractivity contribution in [1.82, 2.24) is 19.1 Å². The van der Waals surface area contributed by atoms with E-state index in [1.165, 1.54) is 5.56 Å². The number of piperidine rings is 1. The Bertz CT molecular complexity index is 1070. The van der Waals surface area contributed by atoms with Gasteiger partial charge in [-0.1, -0.05) is 48.3 Å². The highest BCUT2D eigenvalue weighted by Crippen LogP contribution is 2.43. The Morgan fingerprint density at radius 2 is 1.85 bits per heavy atom. The molecule has 180 valence electrons. The number of halogens is 1. The second-order valence-electron chi connectivity index (χ2n) is 9.27. The Kier molecular flexibility index (Phi) is 7.18. The van der Waals surface area contributed by atoms with E-state index < -0.39 is 0 Å². The van der Waals surface area contributed by atoms with Crippen molar-refractivity contribution >= 4 is 17.6 Å². The first-order valence-electron chi connectivity index (χ1n) is 12.0.